The molecule has 0 radical (unpaired) electrons. The Morgan fingerprint density at radius 2 is 2.18 bits per heavy atom. The van der Waals surface area contributed by atoms with Crippen molar-refractivity contribution in [1.82, 2.24) is 10.3 Å². The second kappa shape index (κ2) is 9.33. The normalized spacial score (nSPS) is 12.0. The monoisotopic (exact) mass is 318 g/mol. The lowest BCUT2D eigenvalue weighted by Crippen LogP contribution is -2.26. The van der Waals surface area contributed by atoms with E-state index in [0.717, 1.165) is 31.6 Å². The quantitative estimate of drug-likeness (QED) is 0.540. The van der Waals surface area contributed by atoms with Crippen LogP contribution in [-0.2, 0) is 16.0 Å². The molecule has 0 spiro atoms. The summed E-state index contributed by atoms with van der Waals surface area (Å²) in [6.07, 6.45) is 2.15. The van der Waals surface area contributed by atoms with Gasteiger partial charge in [0.2, 0.25) is 0 Å². The van der Waals surface area contributed by atoms with Crippen molar-refractivity contribution in [2.45, 2.75) is 25.7 Å². The van der Waals surface area contributed by atoms with E-state index in [0.29, 0.717) is 13.1 Å². The van der Waals surface area contributed by atoms with E-state index in [1.54, 1.807) is 11.3 Å². The minimum atomic E-state index is 0.119. The molecule has 1 N–H and O–H groups in total. The summed E-state index contributed by atoms with van der Waals surface area (Å²) >= 11 is 1.62. The molecular formula is C17H22N2O2S. The van der Waals surface area contributed by atoms with Crippen LogP contribution in [0.4, 0.5) is 0 Å². The lowest BCUT2D eigenvalue weighted by atomic mass is 10.1. The van der Waals surface area contributed by atoms with Crippen LogP contribution < -0.4 is 5.32 Å². The van der Waals surface area contributed by atoms with Crippen molar-refractivity contribution < 1.29 is 9.53 Å². The maximum Gasteiger partial charge on any atom is 0.293 e. The lowest BCUT2D eigenvalue weighted by Gasteiger charge is -2.15. The molecule has 1 atom stereocenters. The first-order valence-corrected chi connectivity index (χ1v) is 8.39. The first-order chi connectivity index (χ1) is 10.8. The van der Waals surface area contributed by atoms with Crippen LogP contribution >= 0.6 is 11.3 Å². The van der Waals surface area contributed by atoms with E-state index in [4.69, 9.17) is 4.74 Å². The third-order valence-corrected chi connectivity index (χ3v) is 4.36. The number of nitrogens with one attached hydrogen (secondary N) is 1. The molecule has 0 amide bonds. The van der Waals surface area contributed by atoms with Crippen LogP contribution in [0.2, 0.25) is 0 Å². The Hall–Kier alpha value is -1.72. The molecule has 1 aromatic heterocycles. The van der Waals surface area contributed by atoms with Gasteiger partial charge in [0.25, 0.3) is 6.47 Å². The summed E-state index contributed by atoms with van der Waals surface area (Å²) in [5.74, 6) is 0.119. The molecule has 0 bridgehead atoms. The molecular weight excluding hydrogens is 296 g/mol. The summed E-state index contributed by atoms with van der Waals surface area (Å²) in [5.41, 5.74) is 4.23. The zero-order valence-electron chi connectivity index (χ0n) is 12.8. The number of thiazole rings is 1. The van der Waals surface area contributed by atoms with Gasteiger partial charge in [-0.05, 0) is 31.9 Å². The van der Waals surface area contributed by atoms with Crippen molar-refractivity contribution >= 4 is 17.8 Å². The van der Waals surface area contributed by atoms with Crippen LogP contribution in [0, 0.1) is 6.92 Å². The number of aryl methyl sites for hydroxylation is 2. The molecule has 0 aliphatic rings. The standard InChI is InChI=1S/C17H22N2O2S/c1-14-17(19-12-22-14)16(11-21-13-20)10-18-9-5-8-15-6-3-2-4-7-15/h2-4,6-7,12-13,16,18H,5,8-11H2,1H3. The highest BCUT2D eigenvalue weighted by Crippen LogP contribution is 2.21. The zero-order chi connectivity index (χ0) is 15.6. The highest BCUT2D eigenvalue weighted by Gasteiger charge is 2.16. The van der Waals surface area contributed by atoms with E-state index in [1.165, 1.54) is 10.4 Å². The van der Waals surface area contributed by atoms with E-state index in [1.807, 2.05) is 11.6 Å². The molecule has 2 aromatic rings. The third kappa shape index (κ3) is 5.24. The van der Waals surface area contributed by atoms with Crippen molar-refractivity contribution in [3.8, 4) is 0 Å². The smallest absolute Gasteiger partial charge is 0.293 e. The van der Waals surface area contributed by atoms with Gasteiger partial charge in [-0.15, -0.1) is 11.3 Å². The zero-order valence-corrected chi connectivity index (χ0v) is 13.6. The molecule has 118 valence electrons. The van der Waals surface area contributed by atoms with Crippen molar-refractivity contribution in [2.75, 3.05) is 19.7 Å². The number of carbonyl (C=O) groups excluding carboxylic acids is 1. The summed E-state index contributed by atoms with van der Waals surface area (Å²) < 4.78 is 4.94. The molecule has 0 aliphatic heterocycles. The third-order valence-electron chi connectivity index (χ3n) is 3.59. The lowest BCUT2D eigenvalue weighted by molar-refractivity contribution is -0.129. The number of nitrogens with zero attached hydrogens (tertiary/aromatic N) is 1. The number of carbonyl (C=O) groups is 1. The number of hydrogen-bond acceptors (Lipinski definition) is 5. The van der Waals surface area contributed by atoms with Gasteiger partial charge in [-0.3, -0.25) is 4.79 Å². The molecule has 1 unspecified atom stereocenters. The Balaban J connectivity index is 1.74. The summed E-state index contributed by atoms with van der Waals surface area (Å²) in [5, 5.41) is 3.45. The molecule has 2 rings (SSSR count). The van der Waals surface area contributed by atoms with Gasteiger partial charge in [0.15, 0.2) is 0 Å². The van der Waals surface area contributed by atoms with Crippen molar-refractivity contribution in [3.63, 3.8) is 0 Å². The van der Waals surface area contributed by atoms with Gasteiger partial charge in [-0.2, -0.15) is 0 Å². The van der Waals surface area contributed by atoms with Crippen molar-refractivity contribution in [3.05, 3.63) is 52.0 Å². The molecule has 0 saturated heterocycles. The van der Waals surface area contributed by atoms with E-state index in [9.17, 15) is 4.79 Å². The Morgan fingerprint density at radius 3 is 2.86 bits per heavy atom. The van der Waals surface area contributed by atoms with E-state index < -0.39 is 0 Å². The fourth-order valence-electron chi connectivity index (χ4n) is 2.43. The van der Waals surface area contributed by atoms with Gasteiger partial charge in [-0.1, -0.05) is 30.3 Å². The van der Waals surface area contributed by atoms with E-state index in [-0.39, 0.29) is 5.92 Å². The second-order valence-electron chi connectivity index (χ2n) is 5.21. The predicted octanol–water partition coefficient (Wildman–Crippen LogP) is 2.93. The Bertz CT molecular complexity index is 557. The SMILES string of the molecule is Cc1scnc1C(CNCCCc1ccccc1)COC=O. The van der Waals surface area contributed by atoms with Crippen LogP contribution in [0.15, 0.2) is 35.8 Å². The van der Waals surface area contributed by atoms with Gasteiger partial charge >= 0.3 is 0 Å². The topological polar surface area (TPSA) is 51.2 Å². The van der Waals surface area contributed by atoms with Gasteiger partial charge in [0.05, 0.1) is 11.2 Å². The molecule has 0 aliphatic carbocycles. The Morgan fingerprint density at radius 1 is 1.36 bits per heavy atom. The summed E-state index contributed by atoms with van der Waals surface area (Å²) in [6.45, 7) is 4.64. The first-order valence-electron chi connectivity index (χ1n) is 7.51. The van der Waals surface area contributed by atoms with Crippen LogP contribution in [0.25, 0.3) is 0 Å². The van der Waals surface area contributed by atoms with Gasteiger partial charge < -0.3 is 10.1 Å². The van der Waals surface area contributed by atoms with Gasteiger partial charge in [0, 0.05) is 17.3 Å². The van der Waals surface area contributed by atoms with Crippen LogP contribution in [0.5, 0.6) is 0 Å². The summed E-state index contributed by atoms with van der Waals surface area (Å²) in [4.78, 5) is 16.0. The number of ether oxygens (including phenoxy) is 1. The van der Waals surface area contributed by atoms with Crippen LogP contribution in [0.1, 0.15) is 28.5 Å². The summed E-state index contributed by atoms with van der Waals surface area (Å²) in [6, 6.07) is 10.5. The molecule has 4 nitrogen and oxygen atoms in total. The minimum absolute atomic E-state index is 0.119. The number of benzene rings is 1. The predicted molar refractivity (Wildman–Crippen MR) is 89.2 cm³/mol. The maximum atomic E-state index is 10.4. The molecule has 1 heterocycles. The maximum absolute atomic E-state index is 10.4. The Kier molecular flexibility index (Phi) is 7.06. The molecule has 0 fully saturated rings. The minimum Gasteiger partial charge on any atom is -0.467 e. The van der Waals surface area contributed by atoms with E-state index >= 15 is 0 Å². The van der Waals surface area contributed by atoms with Crippen LogP contribution in [-0.4, -0.2) is 31.2 Å². The molecule has 5 heteroatoms. The van der Waals surface area contributed by atoms with Gasteiger partial charge in [0.1, 0.15) is 6.61 Å². The molecule has 1 aromatic carbocycles. The van der Waals surface area contributed by atoms with Crippen LogP contribution in [0.3, 0.4) is 0 Å². The first kappa shape index (κ1) is 16.6. The largest absolute Gasteiger partial charge is 0.467 e. The number of rotatable bonds is 10. The average molecular weight is 318 g/mol. The fourth-order valence-corrected chi connectivity index (χ4v) is 3.10. The fraction of sp³-hybridized carbons (Fsp3) is 0.412. The second-order valence-corrected chi connectivity index (χ2v) is 6.27. The number of hydrogen-bond donors (Lipinski definition) is 1. The highest BCUT2D eigenvalue weighted by molar-refractivity contribution is 7.09. The number of aromatic nitrogens is 1. The summed E-state index contributed by atoms with van der Waals surface area (Å²) in [7, 11) is 0. The van der Waals surface area contributed by atoms with Gasteiger partial charge in [-0.25, -0.2) is 4.98 Å². The average Bonchev–Trinajstić information content (AvgIpc) is 2.97. The highest BCUT2D eigenvalue weighted by atomic mass is 32.1. The Labute approximate surface area is 135 Å². The molecule has 22 heavy (non-hydrogen) atoms. The van der Waals surface area contributed by atoms with E-state index in [2.05, 4.69) is 41.5 Å². The molecule has 0 saturated carbocycles. The van der Waals surface area contributed by atoms with Crippen molar-refractivity contribution in [2.24, 2.45) is 0 Å². The van der Waals surface area contributed by atoms with Crippen molar-refractivity contribution in [1.29, 1.82) is 0 Å².